The third-order valence-corrected chi connectivity index (χ3v) is 1.88. The molecule has 80 valence electrons. The zero-order valence-corrected chi connectivity index (χ0v) is 7.85. The molecule has 0 fully saturated rings. The van der Waals surface area contributed by atoms with Gasteiger partial charge in [-0.2, -0.15) is 0 Å². The van der Waals surface area contributed by atoms with Crippen LogP contribution in [0.5, 0.6) is 0 Å². The maximum atomic E-state index is 10.6. The minimum atomic E-state index is -1.71. The van der Waals surface area contributed by atoms with Gasteiger partial charge in [0.25, 0.3) is 0 Å². The summed E-state index contributed by atoms with van der Waals surface area (Å²) in [6.07, 6.45) is -0.504. The van der Waals surface area contributed by atoms with Crippen LogP contribution in [0.2, 0.25) is 0 Å². The molecule has 0 saturated heterocycles. The van der Waals surface area contributed by atoms with Crippen molar-refractivity contribution in [2.45, 2.75) is 20.3 Å². The first kappa shape index (κ1) is 12.4. The monoisotopic (exact) mass is 204 g/mol. The van der Waals surface area contributed by atoms with Gasteiger partial charge in [0.05, 0.1) is 6.42 Å². The molecule has 6 heteroatoms. The summed E-state index contributed by atoms with van der Waals surface area (Å²) in [6.45, 7) is 2.60. The van der Waals surface area contributed by atoms with Crippen LogP contribution in [0, 0.1) is 11.3 Å². The SMILES string of the molecule is CC(C)(CC(=O)O)C(C(=O)O)C(=O)O. The predicted molar refractivity (Wildman–Crippen MR) is 44.8 cm³/mol. The lowest BCUT2D eigenvalue weighted by Gasteiger charge is -2.26. The minimum absolute atomic E-state index is 0.504. The molecule has 6 nitrogen and oxygen atoms in total. The van der Waals surface area contributed by atoms with E-state index in [-0.39, 0.29) is 0 Å². The Hall–Kier alpha value is -1.59. The van der Waals surface area contributed by atoms with E-state index in [0.717, 1.165) is 0 Å². The van der Waals surface area contributed by atoms with Gasteiger partial charge < -0.3 is 15.3 Å². The molecular formula is C8H12O6. The first-order valence-electron chi connectivity index (χ1n) is 3.86. The van der Waals surface area contributed by atoms with E-state index in [1.165, 1.54) is 13.8 Å². The molecule has 0 atom stereocenters. The fourth-order valence-electron chi connectivity index (χ4n) is 1.27. The summed E-state index contributed by atoms with van der Waals surface area (Å²) in [5, 5.41) is 25.7. The molecule has 0 amide bonds. The second-order valence-corrected chi connectivity index (χ2v) is 3.67. The Balaban J connectivity index is 4.89. The van der Waals surface area contributed by atoms with Crippen molar-refractivity contribution in [2.75, 3.05) is 0 Å². The van der Waals surface area contributed by atoms with E-state index in [4.69, 9.17) is 15.3 Å². The maximum absolute atomic E-state index is 10.6. The van der Waals surface area contributed by atoms with Crippen LogP contribution in [-0.2, 0) is 14.4 Å². The molecule has 3 N–H and O–H groups in total. The highest BCUT2D eigenvalue weighted by Crippen LogP contribution is 2.31. The van der Waals surface area contributed by atoms with Gasteiger partial charge in [-0.05, 0) is 5.41 Å². The zero-order chi connectivity index (χ0) is 11.5. The van der Waals surface area contributed by atoms with Gasteiger partial charge in [-0.15, -0.1) is 0 Å². The summed E-state index contributed by atoms with van der Waals surface area (Å²) in [5.74, 6) is -5.98. The summed E-state index contributed by atoms with van der Waals surface area (Å²) < 4.78 is 0. The summed E-state index contributed by atoms with van der Waals surface area (Å²) >= 11 is 0. The van der Waals surface area contributed by atoms with E-state index in [1.807, 2.05) is 0 Å². The number of rotatable bonds is 5. The molecule has 0 saturated carbocycles. The fraction of sp³-hybridized carbons (Fsp3) is 0.625. The Morgan fingerprint density at radius 3 is 1.64 bits per heavy atom. The average Bonchev–Trinajstić information content (AvgIpc) is 1.77. The smallest absolute Gasteiger partial charge is 0.318 e. The van der Waals surface area contributed by atoms with Gasteiger partial charge >= 0.3 is 17.9 Å². The fourth-order valence-corrected chi connectivity index (χ4v) is 1.27. The van der Waals surface area contributed by atoms with E-state index < -0.39 is 35.7 Å². The van der Waals surface area contributed by atoms with Crippen molar-refractivity contribution < 1.29 is 29.7 Å². The third kappa shape index (κ3) is 3.04. The van der Waals surface area contributed by atoms with Crippen molar-refractivity contribution >= 4 is 17.9 Å². The van der Waals surface area contributed by atoms with E-state index in [1.54, 1.807) is 0 Å². The van der Waals surface area contributed by atoms with Crippen molar-refractivity contribution in [1.82, 2.24) is 0 Å². The third-order valence-electron chi connectivity index (χ3n) is 1.88. The van der Waals surface area contributed by atoms with Crippen LogP contribution in [0.15, 0.2) is 0 Å². The average molecular weight is 204 g/mol. The van der Waals surface area contributed by atoms with Crippen molar-refractivity contribution in [3.8, 4) is 0 Å². The summed E-state index contributed by atoms with van der Waals surface area (Å²) in [4.78, 5) is 31.6. The Kier molecular flexibility index (Phi) is 3.62. The van der Waals surface area contributed by atoms with E-state index in [9.17, 15) is 14.4 Å². The normalized spacial score (nSPS) is 11.4. The van der Waals surface area contributed by atoms with E-state index in [2.05, 4.69) is 0 Å². The molecule has 0 aromatic heterocycles. The molecule has 0 rings (SSSR count). The van der Waals surface area contributed by atoms with Crippen molar-refractivity contribution in [1.29, 1.82) is 0 Å². The standard InChI is InChI=1S/C8H12O6/c1-8(2,3-4(9)10)5(6(11)12)7(13)14/h5H,3H2,1-2H3,(H,9,10)(H,11,12)(H,13,14). The molecule has 0 aromatic rings. The highest BCUT2D eigenvalue weighted by Gasteiger charge is 2.42. The highest BCUT2D eigenvalue weighted by molar-refractivity contribution is 5.94. The van der Waals surface area contributed by atoms with Crippen molar-refractivity contribution in [2.24, 2.45) is 11.3 Å². The number of carboxylic acids is 3. The molecule has 0 radical (unpaired) electrons. The summed E-state index contributed by atoms with van der Waals surface area (Å²) in [6, 6.07) is 0. The van der Waals surface area contributed by atoms with Crippen LogP contribution in [0.1, 0.15) is 20.3 Å². The molecule has 0 heterocycles. The molecule has 0 aliphatic rings. The number of carbonyl (C=O) groups is 3. The van der Waals surface area contributed by atoms with Gasteiger partial charge in [-0.1, -0.05) is 13.8 Å². The van der Waals surface area contributed by atoms with Crippen molar-refractivity contribution in [3.05, 3.63) is 0 Å². The number of aliphatic carboxylic acids is 3. The highest BCUT2D eigenvalue weighted by atomic mass is 16.4. The van der Waals surface area contributed by atoms with Gasteiger partial charge in [-0.3, -0.25) is 14.4 Å². The molecule has 0 aliphatic heterocycles. The largest absolute Gasteiger partial charge is 0.481 e. The summed E-state index contributed by atoms with van der Waals surface area (Å²) in [7, 11) is 0. The van der Waals surface area contributed by atoms with Crippen LogP contribution in [0.4, 0.5) is 0 Å². The van der Waals surface area contributed by atoms with E-state index >= 15 is 0 Å². The zero-order valence-electron chi connectivity index (χ0n) is 7.85. The minimum Gasteiger partial charge on any atom is -0.481 e. The molecule has 0 unspecified atom stereocenters. The van der Waals surface area contributed by atoms with Crippen LogP contribution in [0.25, 0.3) is 0 Å². The van der Waals surface area contributed by atoms with Gasteiger partial charge in [-0.25, -0.2) is 0 Å². The Bertz CT molecular complexity index is 253. The Morgan fingerprint density at radius 2 is 1.43 bits per heavy atom. The molecule has 14 heavy (non-hydrogen) atoms. The van der Waals surface area contributed by atoms with Crippen LogP contribution < -0.4 is 0 Å². The number of carboxylic acid groups (broad SMARTS) is 3. The van der Waals surface area contributed by atoms with Gasteiger partial charge in [0.2, 0.25) is 0 Å². The van der Waals surface area contributed by atoms with Gasteiger partial charge in [0.1, 0.15) is 0 Å². The number of hydrogen-bond donors (Lipinski definition) is 3. The predicted octanol–water partition coefficient (Wildman–Crippen LogP) is 0.273. The van der Waals surface area contributed by atoms with Crippen LogP contribution in [-0.4, -0.2) is 33.2 Å². The molecule has 0 aliphatic carbocycles. The topological polar surface area (TPSA) is 112 Å². The van der Waals surface area contributed by atoms with E-state index in [0.29, 0.717) is 0 Å². The quantitative estimate of drug-likeness (QED) is 0.554. The first-order chi connectivity index (χ1) is 6.18. The lowest BCUT2D eigenvalue weighted by atomic mass is 9.76. The first-order valence-corrected chi connectivity index (χ1v) is 3.86. The lowest BCUT2D eigenvalue weighted by Crippen LogP contribution is -2.38. The second-order valence-electron chi connectivity index (χ2n) is 3.67. The molecular weight excluding hydrogens is 192 g/mol. The Morgan fingerprint density at radius 1 is 1.07 bits per heavy atom. The van der Waals surface area contributed by atoms with Crippen molar-refractivity contribution in [3.63, 3.8) is 0 Å². The van der Waals surface area contributed by atoms with Crippen LogP contribution >= 0.6 is 0 Å². The second kappa shape index (κ2) is 4.08. The molecule has 0 spiro atoms. The maximum Gasteiger partial charge on any atom is 0.318 e. The van der Waals surface area contributed by atoms with Gasteiger partial charge in [0, 0.05) is 0 Å². The lowest BCUT2D eigenvalue weighted by molar-refractivity contribution is -0.161. The van der Waals surface area contributed by atoms with Crippen LogP contribution in [0.3, 0.4) is 0 Å². The molecule has 0 bridgehead atoms. The Labute approximate surface area is 80.2 Å². The number of hydrogen-bond acceptors (Lipinski definition) is 3. The molecule has 0 aromatic carbocycles. The summed E-state index contributed by atoms with van der Waals surface area (Å²) in [5.41, 5.74) is -1.32. The van der Waals surface area contributed by atoms with Gasteiger partial charge in [0.15, 0.2) is 5.92 Å².